The van der Waals surface area contributed by atoms with Gasteiger partial charge in [0.1, 0.15) is 0 Å². The molecule has 0 radical (unpaired) electrons. The predicted octanol–water partition coefficient (Wildman–Crippen LogP) is 1.33. The number of rotatable bonds is 5. The molecule has 1 fully saturated rings. The van der Waals surface area contributed by atoms with E-state index in [2.05, 4.69) is 51.3 Å². The molecule has 2 N–H and O–H groups in total. The largest absolute Gasteiger partial charge is 0.382 e. The van der Waals surface area contributed by atoms with Crippen LogP contribution in [0.5, 0.6) is 0 Å². The molecule has 9 heteroatoms. The van der Waals surface area contributed by atoms with Gasteiger partial charge in [0.15, 0.2) is 0 Å². The first kappa shape index (κ1) is 21.5. The first-order valence-electron chi connectivity index (χ1n) is 10.8. The Labute approximate surface area is 189 Å². The van der Waals surface area contributed by atoms with Gasteiger partial charge in [-0.05, 0) is 61.6 Å². The number of nitrogens with one attached hydrogen (secondary N) is 2. The second kappa shape index (κ2) is 8.80. The van der Waals surface area contributed by atoms with E-state index in [1.54, 1.807) is 5.51 Å². The van der Waals surface area contributed by atoms with Crippen LogP contribution >= 0.6 is 11.3 Å². The quantitative estimate of drug-likeness (QED) is 0.604. The average Bonchev–Trinajstić information content (AvgIpc) is 3.23. The zero-order chi connectivity index (χ0) is 22.0. The van der Waals surface area contributed by atoms with Crippen LogP contribution in [0, 0.1) is 11.3 Å². The summed E-state index contributed by atoms with van der Waals surface area (Å²) < 4.78 is 0.950. The molecule has 154 valence electrons. The van der Waals surface area contributed by atoms with E-state index in [-0.39, 0.29) is 17.1 Å². The summed E-state index contributed by atoms with van der Waals surface area (Å²) >= 11 is 1.51. The highest BCUT2D eigenvalue weighted by Crippen LogP contribution is 2.27. The number of aromatic nitrogens is 1. The van der Waals surface area contributed by atoms with Crippen molar-refractivity contribution >= 4 is 56.7 Å². The third kappa shape index (κ3) is 4.80. The highest BCUT2D eigenvalue weighted by molar-refractivity contribution is 7.17. The van der Waals surface area contributed by atoms with Gasteiger partial charge in [-0.15, -0.1) is 11.3 Å². The first-order valence-corrected chi connectivity index (χ1v) is 11.7. The van der Waals surface area contributed by atoms with E-state index < -0.39 is 0 Å². The molecule has 2 aromatic carbocycles. The van der Waals surface area contributed by atoms with Crippen LogP contribution in [0.3, 0.4) is 0 Å². The SMILES string of the molecule is BC(B)(B)c1cc(NC2CCC(NC(=O)c3cccc4ncsc34)CC2)ccc1C#N. The molecular weight excluding hydrogens is 401 g/mol. The molecule has 0 atom stereocenters. The van der Waals surface area contributed by atoms with Gasteiger partial charge in [0.2, 0.25) is 0 Å². The van der Waals surface area contributed by atoms with Crippen LogP contribution in [0.1, 0.15) is 47.2 Å². The summed E-state index contributed by atoms with van der Waals surface area (Å²) in [5.74, 6) is -0.00632. The van der Waals surface area contributed by atoms with Gasteiger partial charge in [0.25, 0.3) is 5.91 Å². The van der Waals surface area contributed by atoms with E-state index in [9.17, 15) is 10.1 Å². The van der Waals surface area contributed by atoms with Gasteiger partial charge in [-0.2, -0.15) is 5.26 Å². The number of hydrogen-bond acceptors (Lipinski definition) is 5. The van der Waals surface area contributed by atoms with Gasteiger partial charge in [-0.25, -0.2) is 4.98 Å². The van der Waals surface area contributed by atoms with Gasteiger partial charge < -0.3 is 10.6 Å². The van der Waals surface area contributed by atoms with E-state index in [4.69, 9.17) is 0 Å². The molecule has 1 aliphatic carbocycles. The molecule has 1 heterocycles. The van der Waals surface area contributed by atoms with Crippen molar-refractivity contribution in [1.29, 1.82) is 5.26 Å². The third-order valence-electron chi connectivity index (χ3n) is 5.98. The lowest BCUT2D eigenvalue weighted by molar-refractivity contribution is 0.0928. The highest BCUT2D eigenvalue weighted by Gasteiger charge is 2.24. The Morgan fingerprint density at radius 2 is 1.87 bits per heavy atom. The Bertz CT molecular complexity index is 1140. The number of nitrogens with zero attached hydrogens (tertiary/aromatic N) is 2. The van der Waals surface area contributed by atoms with Crippen molar-refractivity contribution in [3.8, 4) is 6.07 Å². The standard InChI is InChI=1S/C22H25B3N4OS/c23-22(24,25)18-10-16(5-4-13(18)11-26)28-14-6-8-15(9-7-14)29-21(30)17-2-1-3-19-20(17)31-12-27-19/h1-5,10,12,14-15,28H,6-9,23-25H2,(H,29,30). The Kier molecular flexibility index (Phi) is 6.11. The van der Waals surface area contributed by atoms with Gasteiger partial charge in [-0.3, -0.25) is 4.79 Å². The number of carbonyl (C=O) groups is 1. The molecule has 0 saturated heterocycles. The molecule has 0 unspecified atom stereocenters. The number of fused-ring (bicyclic) bond motifs is 1. The molecule has 1 amide bonds. The fourth-order valence-electron chi connectivity index (χ4n) is 4.30. The molecular formula is C22H25B3N4OS. The van der Waals surface area contributed by atoms with Crippen LogP contribution in [-0.2, 0) is 5.11 Å². The Balaban J connectivity index is 1.36. The lowest BCUT2D eigenvalue weighted by Crippen LogP contribution is -2.40. The summed E-state index contributed by atoms with van der Waals surface area (Å²) in [5.41, 5.74) is 6.24. The lowest BCUT2D eigenvalue weighted by atomic mass is 9.39. The topological polar surface area (TPSA) is 77.8 Å². The Morgan fingerprint density at radius 1 is 1.13 bits per heavy atom. The van der Waals surface area contributed by atoms with E-state index >= 15 is 0 Å². The van der Waals surface area contributed by atoms with Crippen molar-refractivity contribution in [2.24, 2.45) is 0 Å². The normalized spacial score (nSPS) is 18.9. The van der Waals surface area contributed by atoms with Crippen molar-refractivity contribution in [3.63, 3.8) is 0 Å². The number of hydrogen-bond donors (Lipinski definition) is 2. The molecule has 4 rings (SSSR count). The van der Waals surface area contributed by atoms with Crippen molar-refractivity contribution in [1.82, 2.24) is 10.3 Å². The summed E-state index contributed by atoms with van der Waals surface area (Å²) in [5, 5.41) is 16.2. The van der Waals surface area contributed by atoms with Crippen LogP contribution in [0.2, 0.25) is 0 Å². The minimum atomic E-state index is -0.0777. The lowest BCUT2D eigenvalue weighted by Gasteiger charge is -2.31. The van der Waals surface area contributed by atoms with Gasteiger partial charge in [-0.1, -0.05) is 11.2 Å². The molecule has 3 aromatic rings. The summed E-state index contributed by atoms with van der Waals surface area (Å²) in [6, 6.07) is 14.6. The summed E-state index contributed by atoms with van der Waals surface area (Å²) in [4.78, 5) is 17.1. The van der Waals surface area contributed by atoms with Gasteiger partial charge in [0, 0.05) is 17.8 Å². The summed E-state index contributed by atoms with van der Waals surface area (Å²) in [6.07, 6.45) is 3.90. The molecule has 1 aliphatic rings. The average molecular weight is 426 g/mol. The number of thiazole rings is 1. The Morgan fingerprint density at radius 3 is 2.58 bits per heavy atom. The fourth-order valence-corrected chi connectivity index (χ4v) is 5.10. The molecule has 31 heavy (non-hydrogen) atoms. The van der Waals surface area contributed by atoms with Crippen molar-refractivity contribution < 1.29 is 4.79 Å². The fraction of sp³-hybridized carbons (Fsp3) is 0.318. The highest BCUT2D eigenvalue weighted by atomic mass is 32.1. The molecule has 5 nitrogen and oxygen atoms in total. The van der Waals surface area contributed by atoms with Crippen molar-refractivity contribution in [2.75, 3.05) is 5.32 Å². The number of nitriles is 1. The van der Waals surface area contributed by atoms with Crippen LogP contribution in [0.15, 0.2) is 41.9 Å². The first-order chi connectivity index (χ1) is 14.8. The third-order valence-corrected chi connectivity index (χ3v) is 6.86. The molecule has 1 aromatic heterocycles. The number of amides is 1. The predicted molar refractivity (Wildman–Crippen MR) is 135 cm³/mol. The molecule has 0 bridgehead atoms. The maximum Gasteiger partial charge on any atom is 0.253 e. The van der Waals surface area contributed by atoms with Crippen LogP contribution in [-0.4, -0.2) is 46.5 Å². The molecule has 0 aliphatic heterocycles. The second-order valence-electron chi connectivity index (χ2n) is 9.29. The molecule has 0 spiro atoms. The zero-order valence-electron chi connectivity index (χ0n) is 18.2. The van der Waals surface area contributed by atoms with E-state index in [0.717, 1.165) is 52.7 Å². The number of anilines is 1. The van der Waals surface area contributed by atoms with Crippen LogP contribution < -0.4 is 10.6 Å². The van der Waals surface area contributed by atoms with Gasteiger partial charge >= 0.3 is 0 Å². The van der Waals surface area contributed by atoms with Crippen LogP contribution in [0.25, 0.3) is 10.2 Å². The minimum absolute atomic E-state index is 0.00632. The minimum Gasteiger partial charge on any atom is -0.382 e. The summed E-state index contributed by atoms with van der Waals surface area (Å²) in [6.45, 7) is 0. The van der Waals surface area contributed by atoms with Crippen molar-refractivity contribution in [3.05, 3.63) is 58.6 Å². The summed E-state index contributed by atoms with van der Waals surface area (Å²) in [7, 11) is 6.40. The van der Waals surface area contributed by atoms with Crippen molar-refractivity contribution in [2.45, 2.75) is 42.9 Å². The zero-order valence-corrected chi connectivity index (χ0v) is 19.1. The second-order valence-corrected chi connectivity index (χ2v) is 10.1. The monoisotopic (exact) mass is 426 g/mol. The van der Waals surface area contributed by atoms with Crippen LogP contribution in [0.4, 0.5) is 5.69 Å². The Hall–Kier alpha value is -2.72. The number of carbonyl (C=O) groups excluding carboxylic acids is 1. The maximum absolute atomic E-state index is 12.8. The van der Waals surface area contributed by atoms with E-state index in [0.29, 0.717) is 11.6 Å². The van der Waals surface area contributed by atoms with Gasteiger partial charge in [0.05, 0.1) is 56.5 Å². The van der Waals surface area contributed by atoms with E-state index in [1.165, 1.54) is 11.3 Å². The van der Waals surface area contributed by atoms with E-state index in [1.807, 2.05) is 30.3 Å². The maximum atomic E-state index is 12.8. The smallest absolute Gasteiger partial charge is 0.253 e. The number of benzene rings is 2. The molecule has 1 saturated carbocycles.